The van der Waals surface area contributed by atoms with E-state index >= 15 is 0 Å². The number of rotatable bonds is 5. The maximum atomic E-state index is 13.1. The molecular formula is C13H14F2N4O. The van der Waals surface area contributed by atoms with E-state index in [0.717, 1.165) is 12.1 Å². The molecule has 1 aromatic carbocycles. The molecule has 0 spiro atoms. The smallest absolute Gasteiger partial charge is 0.269 e. The quantitative estimate of drug-likeness (QED) is 0.855. The van der Waals surface area contributed by atoms with E-state index in [-0.39, 0.29) is 12.1 Å². The number of halogens is 2. The van der Waals surface area contributed by atoms with Crippen molar-refractivity contribution in [3.63, 3.8) is 0 Å². The van der Waals surface area contributed by atoms with E-state index in [1.54, 1.807) is 0 Å². The molecule has 106 valence electrons. The van der Waals surface area contributed by atoms with Gasteiger partial charge in [-0.2, -0.15) is 5.10 Å². The third kappa shape index (κ3) is 3.39. The molecule has 0 aliphatic heterocycles. The number of nitrogens with zero attached hydrogens (tertiary/aromatic N) is 2. The average Bonchev–Trinajstić information content (AvgIpc) is 2.43. The number of benzene rings is 1. The van der Waals surface area contributed by atoms with Crippen LogP contribution in [0.5, 0.6) is 0 Å². The van der Waals surface area contributed by atoms with Crippen molar-refractivity contribution in [2.24, 2.45) is 5.73 Å². The standard InChI is InChI=1S/C13H14F2N4O/c14-11-2-1-9(5-12(11)15)8-19-13(20)6-10(7-18-19)17-4-3-16/h1-2,5-7,17H,3-4,8,16H2. The molecule has 0 aliphatic rings. The van der Waals surface area contributed by atoms with E-state index in [0.29, 0.717) is 24.3 Å². The van der Waals surface area contributed by atoms with Crippen LogP contribution in [0.4, 0.5) is 14.5 Å². The van der Waals surface area contributed by atoms with Gasteiger partial charge in [-0.3, -0.25) is 4.79 Å². The molecule has 3 N–H and O–H groups in total. The second kappa shape index (κ2) is 6.25. The molecule has 2 rings (SSSR count). The maximum Gasteiger partial charge on any atom is 0.269 e. The Balaban J connectivity index is 2.17. The SMILES string of the molecule is NCCNc1cnn(Cc2ccc(F)c(F)c2)c(=O)c1. The van der Waals surface area contributed by atoms with E-state index in [1.807, 2.05) is 0 Å². The van der Waals surface area contributed by atoms with E-state index in [9.17, 15) is 13.6 Å². The van der Waals surface area contributed by atoms with Gasteiger partial charge in [-0.15, -0.1) is 0 Å². The van der Waals surface area contributed by atoms with Crippen LogP contribution in [0.1, 0.15) is 5.56 Å². The lowest BCUT2D eigenvalue weighted by Crippen LogP contribution is -2.24. The van der Waals surface area contributed by atoms with Crippen molar-refractivity contribution in [2.75, 3.05) is 18.4 Å². The molecule has 20 heavy (non-hydrogen) atoms. The van der Waals surface area contributed by atoms with Crippen molar-refractivity contribution in [2.45, 2.75) is 6.54 Å². The molecule has 0 fully saturated rings. The van der Waals surface area contributed by atoms with Crippen LogP contribution in [0.3, 0.4) is 0 Å². The van der Waals surface area contributed by atoms with Crippen molar-refractivity contribution in [3.05, 3.63) is 58.0 Å². The average molecular weight is 280 g/mol. The lowest BCUT2D eigenvalue weighted by Gasteiger charge is -2.07. The minimum absolute atomic E-state index is 0.0766. The van der Waals surface area contributed by atoms with Crippen LogP contribution in [-0.4, -0.2) is 22.9 Å². The predicted molar refractivity (Wildman–Crippen MR) is 71.5 cm³/mol. The minimum atomic E-state index is -0.947. The molecule has 0 radical (unpaired) electrons. The summed E-state index contributed by atoms with van der Waals surface area (Å²) in [7, 11) is 0. The monoisotopic (exact) mass is 280 g/mol. The number of hydrogen-bond acceptors (Lipinski definition) is 4. The Hall–Kier alpha value is -2.28. The van der Waals surface area contributed by atoms with E-state index in [1.165, 1.54) is 23.0 Å². The summed E-state index contributed by atoms with van der Waals surface area (Å²) in [5, 5.41) is 6.90. The highest BCUT2D eigenvalue weighted by atomic mass is 19.2. The van der Waals surface area contributed by atoms with E-state index in [2.05, 4.69) is 10.4 Å². The summed E-state index contributed by atoms with van der Waals surface area (Å²) in [6, 6.07) is 4.85. The Morgan fingerprint density at radius 2 is 2.05 bits per heavy atom. The Bertz CT molecular complexity index is 657. The molecule has 0 saturated heterocycles. The molecule has 0 saturated carbocycles. The van der Waals surface area contributed by atoms with Crippen molar-refractivity contribution in [3.8, 4) is 0 Å². The van der Waals surface area contributed by atoms with Crippen LogP contribution in [-0.2, 0) is 6.54 Å². The van der Waals surface area contributed by atoms with Crippen LogP contribution in [0.15, 0.2) is 35.3 Å². The van der Waals surface area contributed by atoms with Gasteiger partial charge in [-0.1, -0.05) is 6.07 Å². The number of nitrogens with two attached hydrogens (primary N) is 1. The minimum Gasteiger partial charge on any atom is -0.382 e. The fourth-order valence-electron chi connectivity index (χ4n) is 1.68. The third-order valence-corrected chi connectivity index (χ3v) is 2.66. The molecule has 0 amide bonds. The second-order valence-electron chi connectivity index (χ2n) is 4.20. The number of anilines is 1. The first kappa shape index (κ1) is 14.1. The predicted octanol–water partition coefficient (Wildman–Crippen LogP) is 0.940. The molecule has 7 heteroatoms. The van der Waals surface area contributed by atoms with Gasteiger partial charge in [0, 0.05) is 19.2 Å². The summed E-state index contributed by atoms with van der Waals surface area (Å²) in [5.74, 6) is -1.87. The van der Waals surface area contributed by atoms with Gasteiger partial charge in [0.05, 0.1) is 18.4 Å². The van der Waals surface area contributed by atoms with Crippen LogP contribution < -0.4 is 16.6 Å². The Morgan fingerprint density at radius 1 is 1.25 bits per heavy atom. The zero-order valence-electron chi connectivity index (χ0n) is 10.6. The van der Waals surface area contributed by atoms with Gasteiger partial charge in [0.15, 0.2) is 11.6 Å². The van der Waals surface area contributed by atoms with E-state index in [4.69, 9.17) is 5.73 Å². The summed E-state index contributed by atoms with van der Waals surface area (Å²) < 4.78 is 27.1. The third-order valence-electron chi connectivity index (χ3n) is 2.66. The van der Waals surface area contributed by atoms with Gasteiger partial charge in [0.1, 0.15) is 0 Å². The van der Waals surface area contributed by atoms with Gasteiger partial charge < -0.3 is 11.1 Å². The molecule has 0 aliphatic carbocycles. The zero-order chi connectivity index (χ0) is 14.5. The Morgan fingerprint density at radius 3 is 2.70 bits per heavy atom. The maximum absolute atomic E-state index is 13.1. The summed E-state index contributed by atoms with van der Waals surface area (Å²) >= 11 is 0. The highest BCUT2D eigenvalue weighted by Gasteiger charge is 2.05. The largest absolute Gasteiger partial charge is 0.382 e. The van der Waals surface area contributed by atoms with Gasteiger partial charge in [0.2, 0.25) is 0 Å². The fraction of sp³-hybridized carbons (Fsp3) is 0.231. The molecule has 0 atom stereocenters. The first-order valence-electron chi connectivity index (χ1n) is 6.05. The van der Waals surface area contributed by atoms with Gasteiger partial charge in [-0.05, 0) is 17.7 Å². The first-order valence-corrected chi connectivity index (χ1v) is 6.05. The van der Waals surface area contributed by atoms with Crippen molar-refractivity contribution >= 4 is 5.69 Å². The summed E-state index contributed by atoms with van der Waals surface area (Å²) in [5.41, 5.74) is 6.03. The highest BCUT2D eigenvalue weighted by molar-refractivity contribution is 5.38. The molecule has 5 nitrogen and oxygen atoms in total. The molecule has 1 aromatic heterocycles. The molecule has 0 unspecified atom stereocenters. The second-order valence-corrected chi connectivity index (χ2v) is 4.20. The van der Waals surface area contributed by atoms with Crippen LogP contribution in [0.2, 0.25) is 0 Å². The van der Waals surface area contributed by atoms with Crippen LogP contribution in [0, 0.1) is 11.6 Å². The summed E-state index contributed by atoms with van der Waals surface area (Å²) in [6.45, 7) is 1.06. The van der Waals surface area contributed by atoms with Crippen LogP contribution >= 0.6 is 0 Å². The molecular weight excluding hydrogens is 266 g/mol. The van der Waals surface area contributed by atoms with Crippen molar-refractivity contribution < 1.29 is 8.78 Å². The zero-order valence-corrected chi connectivity index (χ0v) is 10.6. The first-order chi connectivity index (χ1) is 9.60. The van der Waals surface area contributed by atoms with Gasteiger partial charge in [0.25, 0.3) is 5.56 Å². The lowest BCUT2D eigenvalue weighted by atomic mass is 10.2. The number of aromatic nitrogens is 2. The Kier molecular flexibility index (Phi) is 4.41. The van der Waals surface area contributed by atoms with Gasteiger partial charge >= 0.3 is 0 Å². The Labute approximate surface area is 114 Å². The van der Waals surface area contributed by atoms with E-state index < -0.39 is 11.6 Å². The highest BCUT2D eigenvalue weighted by Crippen LogP contribution is 2.09. The molecule has 2 aromatic rings. The number of hydrogen-bond donors (Lipinski definition) is 2. The summed E-state index contributed by atoms with van der Waals surface area (Å²) in [4.78, 5) is 11.8. The number of nitrogens with one attached hydrogen (secondary N) is 1. The topological polar surface area (TPSA) is 72.9 Å². The molecule has 0 bridgehead atoms. The van der Waals surface area contributed by atoms with Crippen molar-refractivity contribution in [1.29, 1.82) is 0 Å². The lowest BCUT2D eigenvalue weighted by molar-refractivity contribution is 0.505. The molecule has 1 heterocycles. The van der Waals surface area contributed by atoms with Crippen LogP contribution in [0.25, 0.3) is 0 Å². The fourth-order valence-corrected chi connectivity index (χ4v) is 1.68. The van der Waals surface area contributed by atoms with Crippen molar-refractivity contribution in [1.82, 2.24) is 9.78 Å². The normalized spacial score (nSPS) is 10.6. The summed E-state index contributed by atoms with van der Waals surface area (Å²) in [6.07, 6.45) is 1.48. The van der Waals surface area contributed by atoms with Gasteiger partial charge in [-0.25, -0.2) is 13.5 Å².